The minimum absolute atomic E-state index is 0.0613. The first-order valence-corrected chi connectivity index (χ1v) is 7.74. The first kappa shape index (κ1) is 15.9. The third-order valence-corrected chi connectivity index (χ3v) is 3.65. The van der Waals surface area contributed by atoms with Gasteiger partial charge in [0.25, 0.3) is 0 Å². The summed E-state index contributed by atoms with van der Waals surface area (Å²) in [7, 11) is 0. The Morgan fingerprint density at radius 1 is 0.958 bits per heavy atom. The highest BCUT2D eigenvalue weighted by Gasteiger charge is 2.17. The summed E-state index contributed by atoms with van der Waals surface area (Å²) in [6, 6.07) is 17.1. The van der Waals surface area contributed by atoms with Crippen molar-refractivity contribution >= 4 is 11.6 Å². The Labute approximate surface area is 140 Å². The van der Waals surface area contributed by atoms with Gasteiger partial charge in [0.05, 0.1) is 0 Å². The molecule has 0 spiro atoms. The normalized spacial score (nSPS) is 11.3. The molecule has 3 rings (SSSR count). The molecule has 0 unspecified atom stereocenters. The molecule has 1 N–H and O–H groups in total. The van der Waals surface area contributed by atoms with Crippen molar-refractivity contribution < 1.29 is 9.21 Å². The maximum Gasteiger partial charge on any atom is 0.313 e. The third-order valence-electron chi connectivity index (χ3n) is 3.65. The molecule has 5 nitrogen and oxygen atoms in total. The molecule has 3 aromatic rings. The highest BCUT2D eigenvalue weighted by molar-refractivity contribution is 6.00. The Kier molecular flexibility index (Phi) is 4.16. The molecule has 0 saturated heterocycles. The summed E-state index contributed by atoms with van der Waals surface area (Å²) >= 11 is 0. The average molecular weight is 321 g/mol. The molecule has 0 aliphatic heterocycles. The molecule has 1 heterocycles. The third kappa shape index (κ3) is 3.51. The lowest BCUT2D eigenvalue weighted by molar-refractivity contribution is 0.0991. The monoisotopic (exact) mass is 321 g/mol. The van der Waals surface area contributed by atoms with E-state index in [1.165, 1.54) is 5.56 Å². The van der Waals surface area contributed by atoms with Crippen LogP contribution < -0.4 is 5.32 Å². The summed E-state index contributed by atoms with van der Waals surface area (Å²) in [5.74, 6) is -0.161. The lowest BCUT2D eigenvalue weighted by Gasteiger charge is -2.19. The number of hydrogen-bond donors (Lipinski definition) is 1. The maximum atomic E-state index is 12.2. The van der Waals surface area contributed by atoms with Crippen molar-refractivity contribution in [3.8, 4) is 11.5 Å². The van der Waals surface area contributed by atoms with Crippen LogP contribution in [0, 0.1) is 0 Å². The smallest absolute Gasteiger partial charge is 0.313 e. The number of nitrogens with one attached hydrogen (secondary N) is 1. The van der Waals surface area contributed by atoms with Crippen LogP contribution in [0.25, 0.3) is 11.5 Å². The SMILES string of the molecule is CC(C)(C)c1ccc(NC(=O)c2nnc(-c3ccccc3)o2)cc1. The Bertz CT molecular complexity index is 831. The maximum absolute atomic E-state index is 12.2. The van der Waals surface area contributed by atoms with E-state index in [1.807, 2.05) is 54.6 Å². The molecule has 1 amide bonds. The van der Waals surface area contributed by atoms with Gasteiger partial charge in [-0.1, -0.05) is 51.1 Å². The van der Waals surface area contributed by atoms with Gasteiger partial charge >= 0.3 is 11.8 Å². The number of carbonyl (C=O) groups excluding carboxylic acids is 1. The van der Waals surface area contributed by atoms with Crippen molar-refractivity contribution in [2.24, 2.45) is 0 Å². The molecule has 24 heavy (non-hydrogen) atoms. The van der Waals surface area contributed by atoms with Gasteiger partial charge in [-0.3, -0.25) is 4.79 Å². The van der Waals surface area contributed by atoms with Crippen molar-refractivity contribution in [2.75, 3.05) is 5.32 Å². The number of aromatic nitrogens is 2. The second-order valence-electron chi connectivity index (χ2n) is 6.56. The van der Waals surface area contributed by atoms with Gasteiger partial charge in [-0.25, -0.2) is 0 Å². The second kappa shape index (κ2) is 6.28. The number of rotatable bonds is 3. The Morgan fingerprint density at radius 2 is 1.62 bits per heavy atom. The van der Waals surface area contributed by atoms with E-state index in [0.717, 1.165) is 5.56 Å². The highest BCUT2D eigenvalue weighted by atomic mass is 16.4. The van der Waals surface area contributed by atoms with Gasteiger partial charge in [0, 0.05) is 11.3 Å². The van der Waals surface area contributed by atoms with E-state index in [0.29, 0.717) is 11.6 Å². The van der Waals surface area contributed by atoms with Crippen molar-refractivity contribution in [1.29, 1.82) is 0 Å². The summed E-state index contributed by atoms with van der Waals surface area (Å²) < 4.78 is 5.45. The van der Waals surface area contributed by atoms with Crippen LogP contribution >= 0.6 is 0 Å². The highest BCUT2D eigenvalue weighted by Crippen LogP contribution is 2.24. The fourth-order valence-corrected chi connectivity index (χ4v) is 2.25. The number of benzene rings is 2. The molecule has 0 bridgehead atoms. The topological polar surface area (TPSA) is 68.0 Å². The van der Waals surface area contributed by atoms with Crippen LogP contribution in [0.3, 0.4) is 0 Å². The zero-order valence-electron chi connectivity index (χ0n) is 13.9. The summed E-state index contributed by atoms with van der Waals surface area (Å²) in [4.78, 5) is 12.2. The van der Waals surface area contributed by atoms with E-state index in [1.54, 1.807) is 0 Å². The van der Waals surface area contributed by atoms with Crippen LogP contribution in [0.2, 0.25) is 0 Å². The zero-order chi connectivity index (χ0) is 17.2. The van der Waals surface area contributed by atoms with Gasteiger partial charge in [0.2, 0.25) is 5.89 Å². The van der Waals surface area contributed by atoms with Crippen LogP contribution in [-0.2, 0) is 5.41 Å². The quantitative estimate of drug-likeness (QED) is 0.781. The first-order valence-electron chi connectivity index (χ1n) is 7.74. The summed E-state index contributed by atoms with van der Waals surface area (Å²) in [6.45, 7) is 6.43. The molecule has 0 saturated carbocycles. The standard InChI is InChI=1S/C19H19N3O2/c1-19(2,3)14-9-11-15(12-10-14)20-16(23)18-22-21-17(24-18)13-7-5-4-6-8-13/h4-12H,1-3H3,(H,20,23). The van der Waals surface area contributed by atoms with Crippen LogP contribution in [0.1, 0.15) is 37.0 Å². The number of amides is 1. The van der Waals surface area contributed by atoms with Gasteiger partial charge in [-0.15, -0.1) is 10.2 Å². The Hall–Kier alpha value is -2.95. The van der Waals surface area contributed by atoms with E-state index >= 15 is 0 Å². The summed E-state index contributed by atoms with van der Waals surface area (Å²) in [5.41, 5.74) is 2.73. The van der Waals surface area contributed by atoms with Crippen LogP contribution in [0.15, 0.2) is 59.0 Å². The van der Waals surface area contributed by atoms with Gasteiger partial charge in [-0.2, -0.15) is 0 Å². The Morgan fingerprint density at radius 3 is 2.25 bits per heavy atom. The summed E-state index contributed by atoms with van der Waals surface area (Å²) in [6.07, 6.45) is 0. The molecule has 0 aliphatic carbocycles. The van der Waals surface area contributed by atoms with E-state index in [2.05, 4.69) is 36.3 Å². The van der Waals surface area contributed by atoms with Crippen molar-refractivity contribution in [3.05, 3.63) is 66.1 Å². The lowest BCUT2D eigenvalue weighted by atomic mass is 9.87. The minimum Gasteiger partial charge on any atom is -0.412 e. The fraction of sp³-hybridized carbons (Fsp3) is 0.211. The fourth-order valence-electron chi connectivity index (χ4n) is 2.25. The predicted octanol–water partition coefficient (Wildman–Crippen LogP) is 4.29. The lowest BCUT2D eigenvalue weighted by Crippen LogP contribution is -2.14. The average Bonchev–Trinajstić information content (AvgIpc) is 3.05. The van der Waals surface area contributed by atoms with E-state index in [9.17, 15) is 4.79 Å². The number of nitrogens with zero attached hydrogens (tertiary/aromatic N) is 2. The molecule has 0 fully saturated rings. The predicted molar refractivity (Wildman–Crippen MR) is 92.8 cm³/mol. The van der Waals surface area contributed by atoms with Gasteiger partial charge in [-0.05, 0) is 35.2 Å². The van der Waals surface area contributed by atoms with Crippen LogP contribution in [0.4, 0.5) is 5.69 Å². The molecule has 0 aliphatic rings. The summed E-state index contributed by atoms with van der Waals surface area (Å²) in [5, 5.41) is 10.5. The van der Waals surface area contributed by atoms with Crippen LogP contribution in [-0.4, -0.2) is 16.1 Å². The molecular weight excluding hydrogens is 302 g/mol. The number of carbonyl (C=O) groups is 1. The minimum atomic E-state index is -0.423. The van der Waals surface area contributed by atoms with E-state index in [-0.39, 0.29) is 11.3 Å². The Balaban J connectivity index is 1.73. The van der Waals surface area contributed by atoms with Crippen molar-refractivity contribution in [3.63, 3.8) is 0 Å². The van der Waals surface area contributed by atoms with Gasteiger partial charge in [0.1, 0.15) is 0 Å². The van der Waals surface area contributed by atoms with Crippen LogP contribution in [0.5, 0.6) is 0 Å². The molecule has 122 valence electrons. The molecule has 0 radical (unpaired) electrons. The van der Waals surface area contributed by atoms with Gasteiger partial charge in [0.15, 0.2) is 0 Å². The van der Waals surface area contributed by atoms with E-state index in [4.69, 9.17) is 4.42 Å². The molecule has 5 heteroatoms. The first-order chi connectivity index (χ1) is 11.4. The molecule has 1 aromatic heterocycles. The van der Waals surface area contributed by atoms with Crippen molar-refractivity contribution in [2.45, 2.75) is 26.2 Å². The molecule has 0 atom stereocenters. The van der Waals surface area contributed by atoms with Gasteiger partial charge < -0.3 is 9.73 Å². The molecule has 2 aromatic carbocycles. The van der Waals surface area contributed by atoms with Crippen molar-refractivity contribution in [1.82, 2.24) is 10.2 Å². The van der Waals surface area contributed by atoms with E-state index < -0.39 is 5.91 Å². The second-order valence-corrected chi connectivity index (χ2v) is 6.56. The number of anilines is 1. The molecular formula is C19H19N3O2. The zero-order valence-corrected chi connectivity index (χ0v) is 13.9. The largest absolute Gasteiger partial charge is 0.412 e. The number of hydrogen-bond acceptors (Lipinski definition) is 4.